The quantitative estimate of drug-likeness (QED) is 0.455. The zero-order chi connectivity index (χ0) is 31.2. The average Bonchev–Trinajstić information content (AvgIpc) is 3.71. The molecule has 4 fully saturated rings. The topological polar surface area (TPSA) is 115 Å². The minimum absolute atomic E-state index is 0.0181. The lowest BCUT2D eigenvalue weighted by Gasteiger charge is -2.39. The van der Waals surface area contributed by atoms with Crippen molar-refractivity contribution in [2.45, 2.75) is 80.9 Å². The number of benzene rings is 2. The average molecular weight is 627 g/mol. The first-order valence-corrected chi connectivity index (χ1v) is 15.9. The summed E-state index contributed by atoms with van der Waals surface area (Å²) in [5.41, 5.74) is 3.08. The first-order chi connectivity index (χ1) is 21.7. The van der Waals surface area contributed by atoms with Crippen LogP contribution < -0.4 is 5.32 Å². The number of ether oxygens (including phenoxy) is 2. The van der Waals surface area contributed by atoms with Crippen molar-refractivity contribution in [1.29, 1.82) is 0 Å². The summed E-state index contributed by atoms with van der Waals surface area (Å²) in [7, 11) is 0. The van der Waals surface area contributed by atoms with Crippen LogP contribution in [-0.2, 0) is 38.4 Å². The second kappa shape index (κ2) is 12.7. The Bertz CT molecular complexity index is 1410. The molecular weight excluding hydrogens is 586 g/mol. The van der Waals surface area contributed by atoms with Gasteiger partial charge in [0.25, 0.3) is 0 Å². The van der Waals surface area contributed by atoms with Crippen LogP contribution in [0.25, 0.3) is 0 Å². The van der Waals surface area contributed by atoms with Crippen molar-refractivity contribution in [3.05, 3.63) is 70.8 Å². The second-order valence-electron chi connectivity index (χ2n) is 13.2. The fourth-order valence-electron chi connectivity index (χ4n) is 7.88. The van der Waals surface area contributed by atoms with Crippen LogP contribution >= 0.6 is 0 Å². The number of amides is 2. The van der Waals surface area contributed by atoms with E-state index in [2.05, 4.69) is 22.3 Å². The van der Waals surface area contributed by atoms with E-state index in [1.54, 1.807) is 0 Å². The zero-order valence-electron chi connectivity index (χ0n) is 25.1. The van der Waals surface area contributed by atoms with Crippen molar-refractivity contribution >= 4 is 11.8 Å². The molecule has 10 nitrogen and oxygen atoms in total. The maximum absolute atomic E-state index is 14.2. The lowest BCUT2D eigenvalue weighted by Crippen LogP contribution is -2.55. The van der Waals surface area contributed by atoms with Crippen LogP contribution in [0.3, 0.4) is 0 Å². The highest BCUT2D eigenvalue weighted by molar-refractivity contribution is 5.83. The van der Waals surface area contributed by atoms with Crippen LogP contribution in [0.2, 0.25) is 0 Å². The lowest BCUT2D eigenvalue weighted by molar-refractivity contribution is -0.145. The molecule has 0 spiro atoms. The summed E-state index contributed by atoms with van der Waals surface area (Å²) >= 11 is 0. The molecule has 0 radical (unpaired) electrons. The van der Waals surface area contributed by atoms with Gasteiger partial charge in [0, 0.05) is 51.4 Å². The van der Waals surface area contributed by atoms with E-state index in [0.717, 1.165) is 25.0 Å². The van der Waals surface area contributed by atoms with E-state index in [9.17, 15) is 28.6 Å². The second-order valence-corrected chi connectivity index (χ2v) is 13.2. The van der Waals surface area contributed by atoms with Crippen molar-refractivity contribution in [3.8, 4) is 0 Å². The number of likely N-dealkylation sites (tertiary alicyclic amines) is 1. The number of rotatable bonds is 3. The normalized spacial score (nSPS) is 33.4. The molecule has 4 saturated heterocycles. The van der Waals surface area contributed by atoms with Crippen molar-refractivity contribution < 1.29 is 38.1 Å². The van der Waals surface area contributed by atoms with Gasteiger partial charge in [-0.3, -0.25) is 19.4 Å². The van der Waals surface area contributed by atoms with Crippen molar-refractivity contribution in [1.82, 2.24) is 20.0 Å². The van der Waals surface area contributed by atoms with Crippen LogP contribution in [0.1, 0.15) is 29.5 Å². The number of nitrogens with one attached hydrogen (secondary N) is 1. The van der Waals surface area contributed by atoms with Gasteiger partial charge in [-0.1, -0.05) is 30.3 Å². The fraction of sp³-hybridized carbons (Fsp3) is 0.576. The fourth-order valence-corrected chi connectivity index (χ4v) is 7.88. The highest BCUT2D eigenvalue weighted by Crippen LogP contribution is 2.33. The molecule has 0 unspecified atom stereocenters. The van der Waals surface area contributed by atoms with Gasteiger partial charge in [0.15, 0.2) is 11.6 Å². The summed E-state index contributed by atoms with van der Waals surface area (Å²) in [4.78, 5) is 33.4. The predicted octanol–water partition coefficient (Wildman–Crippen LogP) is 0.614. The summed E-state index contributed by atoms with van der Waals surface area (Å²) in [6.45, 7) is 2.34. The molecule has 4 heterocycles. The SMILES string of the molecule is O=C1C[C@@H]2O[C@H](CN(Cc3ccc(F)c(F)c3)C[C@@H]3CN(CCO3)C(=O)[C@@H]3C[C@@H](CN3C3Cc4ccccc4C3)N1)[C@@H](O)[C@H]2O. The standard InChI is InChI=1S/C33H40F2N4O6/c34-25-6-5-19(9-26(25)35)14-37-16-24-17-38(7-8-44-24)33(43)27-12-22(15-39(27)23-10-20-3-1-2-4-21(20)11-23)36-30(40)13-28-31(41)32(42)29(18-37)45-28/h1-6,9,22-24,27-29,31-32,41-42H,7-8,10-18H2,(H,36,40)/t22-,24+,27-,28-,29+,31-,32+/m0/s1. The van der Waals surface area contributed by atoms with Gasteiger partial charge in [-0.15, -0.1) is 0 Å². The summed E-state index contributed by atoms with van der Waals surface area (Å²) in [5.74, 6) is -2.20. The number of hydrogen-bond donors (Lipinski definition) is 3. The zero-order valence-corrected chi connectivity index (χ0v) is 25.1. The van der Waals surface area contributed by atoms with E-state index < -0.39 is 42.1 Å². The molecule has 4 aliphatic heterocycles. The first kappa shape index (κ1) is 30.6. The molecule has 2 aromatic carbocycles. The van der Waals surface area contributed by atoms with Crippen molar-refractivity contribution in [2.24, 2.45) is 0 Å². The molecule has 6 bridgehead atoms. The number of hydrogen-bond acceptors (Lipinski definition) is 8. The predicted molar refractivity (Wildman–Crippen MR) is 158 cm³/mol. The smallest absolute Gasteiger partial charge is 0.240 e. The Balaban J connectivity index is 1.16. The molecular formula is C33H40F2N4O6. The first-order valence-electron chi connectivity index (χ1n) is 15.9. The number of carbonyl (C=O) groups excluding carboxylic acids is 2. The van der Waals surface area contributed by atoms with Crippen LogP contribution in [0, 0.1) is 11.6 Å². The van der Waals surface area contributed by atoms with Gasteiger partial charge in [0.2, 0.25) is 11.8 Å². The van der Waals surface area contributed by atoms with Gasteiger partial charge in [-0.25, -0.2) is 8.78 Å². The van der Waals surface area contributed by atoms with Gasteiger partial charge >= 0.3 is 0 Å². The Morgan fingerprint density at radius 1 is 0.889 bits per heavy atom. The lowest BCUT2D eigenvalue weighted by atomic mass is 10.0. The van der Waals surface area contributed by atoms with Crippen LogP contribution in [0.5, 0.6) is 0 Å². The molecule has 0 saturated carbocycles. The number of fused-ring (bicyclic) bond motifs is 7. The third-order valence-electron chi connectivity index (χ3n) is 10.1. The van der Waals surface area contributed by atoms with E-state index in [0.29, 0.717) is 44.8 Å². The van der Waals surface area contributed by atoms with E-state index in [-0.39, 0.29) is 49.5 Å². The molecule has 0 aromatic heterocycles. The minimum Gasteiger partial charge on any atom is -0.388 e. The van der Waals surface area contributed by atoms with Crippen molar-refractivity contribution in [3.63, 3.8) is 0 Å². The van der Waals surface area contributed by atoms with Crippen LogP contribution in [0.15, 0.2) is 42.5 Å². The Kier molecular flexibility index (Phi) is 8.62. The maximum Gasteiger partial charge on any atom is 0.240 e. The van der Waals surface area contributed by atoms with E-state index >= 15 is 0 Å². The number of halogens is 2. The monoisotopic (exact) mass is 626 g/mol. The van der Waals surface area contributed by atoms with E-state index in [1.807, 2.05) is 21.9 Å². The molecule has 242 valence electrons. The molecule has 45 heavy (non-hydrogen) atoms. The Hall–Kier alpha value is -3.00. The molecule has 2 amide bonds. The Morgan fingerprint density at radius 3 is 2.40 bits per heavy atom. The summed E-state index contributed by atoms with van der Waals surface area (Å²) < 4.78 is 39.9. The molecule has 1 aliphatic carbocycles. The minimum atomic E-state index is -1.27. The molecule has 2 aromatic rings. The Labute approximate surface area is 260 Å². The van der Waals surface area contributed by atoms with Gasteiger partial charge < -0.3 is 29.9 Å². The van der Waals surface area contributed by atoms with E-state index in [4.69, 9.17) is 9.47 Å². The third kappa shape index (κ3) is 6.36. The molecule has 3 N–H and O–H groups in total. The van der Waals surface area contributed by atoms with Crippen molar-refractivity contribution in [2.75, 3.05) is 39.3 Å². The largest absolute Gasteiger partial charge is 0.388 e. The van der Waals surface area contributed by atoms with Crippen LogP contribution in [0.4, 0.5) is 8.78 Å². The molecule has 7 atom stereocenters. The third-order valence-corrected chi connectivity index (χ3v) is 10.1. The maximum atomic E-state index is 14.2. The van der Waals surface area contributed by atoms with Gasteiger partial charge in [-0.2, -0.15) is 0 Å². The number of nitrogens with zero attached hydrogens (tertiary/aromatic N) is 3. The number of morpholine rings is 1. The summed E-state index contributed by atoms with van der Waals surface area (Å²) in [6, 6.07) is 11.5. The highest BCUT2D eigenvalue weighted by Gasteiger charge is 2.47. The van der Waals surface area contributed by atoms with E-state index in [1.165, 1.54) is 17.2 Å². The van der Waals surface area contributed by atoms with Gasteiger partial charge in [-0.05, 0) is 48.1 Å². The van der Waals surface area contributed by atoms with Gasteiger partial charge in [0.1, 0.15) is 12.2 Å². The highest BCUT2D eigenvalue weighted by atomic mass is 19.2. The van der Waals surface area contributed by atoms with Crippen LogP contribution in [-0.4, -0.2) is 125 Å². The van der Waals surface area contributed by atoms with Gasteiger partial charge in [0.05, 0.1) is 37.4 Å². The molecule has 12 heteroatoms. The number of aliphatic hydroxyl groups is 2. The molecule has 7 rings (SSSR count). The summed E-state index contributed by atoms with van der Waals surface area (Å²) in [6.07, 6.45) is -2.61. The Morgan fingerprint density at radius 2 is 1.64 bits per heavy atom. The number of aliphatic hydroxyl groups excluding tert-OH is 2. The summed E-state index contributed by atoms with van der Waals surface area (Å²) in [5, 5.41) is 24.8. The number of carbonyl (C=O) groups is 2. The molecule has 5 aliphatic rings.